The zero-order chi connectivity index (χ0) is 8.81. The van der Waals surface area contributed by atoms with Gasteiger partial charge in [-0.2, -0.15) is 0 Å². The third kappa shape index (κ3) is 2.72. The largest absolute Gasteiger partial charge is 0.350 e. The molecule has 0 unspecified atom stereocenters. The van der Waals surface area contributed by atoms with Crippen molar-refractivity contribution in [2.24, 2.45) is 5.73 Å². The topological polar surface area (TPSA) is 48.0 Å². The monoisotopic (exact) mass is 164 g/mol. The van der Waals surface area contributed by atoms with Gasteiger partial charge in [-0.1, -0.05) is 12.2 Å². The second kappa shape index (κ2) is 4.51. The number of nitrogens with zero attached hydrogens (tertiary/aromatic N) is 1. The second-order valence-electron chi connectivity index (χ2n) is 2.44. The van der Waals surface area contributed by atoms with Crippen LogP contribution in [-0.2, 0) is 6.54 Å². The molecule has 2 N–H and O–H groups in total. The van der Waals surface area contributed by atoms with E-state index in [4.69, 9.17) is 5.73 Å². The van der Waals surface area contributed by atoms with E-state index in [9.17, 15) is 4.79 Å². The Morgan fingerprint density at radius 2 is 2.00 bits per heavy atom. The van der Waals surface area contributed by atoms with Crippen LogP contribution in [0, 0.1) is 0 Å². The molecular formula is C9H12N2O. The molecule has 1 aromatic heterocycles. The van der Waals surface area contributed by atoms with Crippen LogP contribution in [0.4, 0.5) is 0 Å². The number of aromatic nitrogens is 1. The third-order valence-corrected chi connectivity index (χ3v) is 1.48. The lowest BCUT2D eigenvalue weighted by molar-refractivity contribution is 0.808. The molecule has 12 heavy (non-hydrogen) atoms. The molecule has 0 amide bonds. The normalized spacial score (nSPS) is 10.8. The molecule has 0 aliphatic rings. The zero-order valence-electron chi connectivity index (χ0n) is 6.81. The minimum Gasteiger partial charge on any atom is -0.350 e. The van der Waals surface area contributed by atoms with Crippen LogP contribution in [0.3, 0.4) is 0 Å². The summed E-state index contributed by atoms with van der Waals surface area (Å²) in [6.45, 7) is 1.32. The lowest BCUT2D eigenvalue weighted by Crippen LogP contribution is -2.02. The third-order valence-electron chi connectivity index (χ3n) is 1.48. The van der Waals surface area contributed by atoms with Crippen molar-refractivity contribution in [2.75, 3.05) is 6.54 Å². The summed E-state index contributed by atoms with van der Waals surface area (Å²) in [5, 5.41) is 0. The Labute approximate surface area is 71.1 Å². The molecule has 1 rings (SSSR count). The van der Waals surface area contributed by atoms with Gasteiger partial charge in [0.2, 0.25) is 0 Å². The van der Waals surface area contributed by atoms with E-state index in [2.05, 4.69) is 0 Å². The molecule has 0 fully saturated rings. The van der Waals surface area contributed by atoms with Gasteiger partial charge in [-0.3, -0.25) is 4.79 Å². The van der Waals surface area contributed by atoms with E-state index in [1.165, 1.54) is 12.1 Å². The summed E-state index contributed by atoms with van der Waals surface area (Å²) in [5.74, 6) is 0. The first-order valence-electron chi connectivity index (χ1n) is 3.84. The fourth-order valence-corrected chi connectivity index (χ4v) is 0.858. The predicted octanol–water partition coefficient (Wildman–Crippen LogP) is 0.363. The van der Waals surface area contributed by atoms with Crippen LogP contribution in [0.2, 0.25) is 0 Å². The van der Waals surface area contributed by atoms with E-state index < -0.39 is 0 Å². The molecule has 3 heteroatoms. The summed E-state index contributed by atoms with van der Waals surface area (Å²) >= 11 is 0. The Bertz CT molecular complexity index is 294. The fraction of sp³-hybridized carbons (Fsp3) is 0.222. The predicted molar refractivity (Wildman–Crippen MR) is 48.9 cm³/mol. The number of pyridine rings is 1. The van der Waals surface area contributed by atoms with Crippen LogP contribution >= 0.6 is 0 Å². The van der Waals surface area contributed by atoms with Gasteiger partial charge in [0.1, 0.15) is 0 Å². The standard InChI is InChI=1S/C9H12N2O/c10-5-1-2-6-11-7-3-9(12)4-8-11/h1-4,7-8H,5-6,10H2. The summed E-state index contributed by atoms with van der Waals surface area (Å²) in [4.78, 5) is 10.7. The molecule has 0 spiro atoms. The highest BCUT2D eigenvalue weighted by Crippen LogP contribution is 1.85. The lowest BCUT2D eigenvalue weighted by Gasteiger charge is -1.99. The summed E-state index contributed by atoms with van der Waals surface area (Å²) in [6.07, 6.45) is 7.36. The van der Waals surface area contributed by atoms with Gasteiger partial charge in [-0.15, -0.1) is 0 Å². The summed E-state index contributed by atoms with van der Waals surface area (Å²) in [7, 11) is 0. The van der Waals surface area contributed by atoms with Gasteiger partial charge in [0.25, 0.3) is 0 Å². The Morgan fingerprint density at radius 1 is 1.33 bits per heavy atom. The smallest absolute Gasteiger partial charge is 0.181 e. The molecule has 1 heterocycles. The Morgan fingerprint density at radius 3 is 2.58 bits per heavy atom. The van der Waals surface area contributed by atoms with Gasteiger partial charge < -0.3 is 10.3 Å². The first-order chi connectivity index (χ1) is 5.83. The minimum absolute atomic E-state index is 0.0362. The van der Waals surface area contributed by atoms with Crippen molar-refractivity contribution in [2.45, 2.75) is 6.54 Å². The van der Waals surface area contributed by atoms with Crippen molar-refractivity contribution in [3.05, 3.63) is 46.9 Å². The van der Waals surface area contributed by atoms with Crippen LogP contribution in [0.15, 0.2) is 41.5 Å². The number of hydrogen-bond donors (Lipinski definition) is 1. The van der Waals surface area contributed by atoms with Crippen LogP contribution in [0.1, 0.15) is 0 Å². The van der Waals surface area contributed by atoms with E-state index in [1.807, 2.05) is 16.7 Å². The van der Waals surface area contributed by atoms with Crippen molar-refractivity contribution < 1.29 is 0 Å². The van der Waals surface area contributed by atoms with Gasteiger partial charge in [0, 0.05) is 37.6 Å². The SMILES string of the molecule is NCC=CCn1ccc(=O)cc1. The van der Waals surface area contributed by atoms with Gasteiger partial charge >= 0.3 is 0 Å². The van der Waals surface area contributed by atoms with E-state index in [-0.39, 0.29) is 5.43 Å². The number of hydrogen-bond acceptors (Lipinski definition) is 2. The highest BCUT2D eigenvalue weighted by atomic mass is 16.1. The van der Waals surface area contributed by atoms with Gasteiger partial charge in [0.05, 0.1) is 0 Å². The Hall–Kier alpha value is -1.35. The van der Waals surface area contributed by atoms with Crippen LogP contribution in [0.5, 0.6) is 0 Å². The number of nitrogens with two attached hydrogens (primary N) is 1. The van der Waals surface area contributed by atoms with E-state index >= 15 is 0 Å². The van der Waals surface area contributed by atoms with Crippen molar-refractivity contribution in [1.29, 1.82) is 0 Å². The summed E-state index contributed by atoms with van der Waals surface area (Å²) in [6, 6.07) is 3.08. The Kier molecular flexibility index (Phi) is 3.29. The minimum atomic E-state index is 0.0362. The molecule has 64 valence electrons. The van der Waals surface area contributed by atoms with Crippen molar-refractivity contribution >= 4 is 0 Å². The Balaban J connectivity index is 2.59. The quantitative estimate of drug-likeness (QED) is 0.656. The van der Waals surface area contributed by atoms with Crippen molar-refractivity contribution in [1.82, 2.24) is 4.57 Å². The van der Waals surface area contributed by atoms with E-state index in [0.29, 0.717) is 6.54 Å². The number of rotatable bonds is 3. The molecule has 0 radical (unpaired) electrons. The van der Waals surface area contributed by atoms with Crippen molar-refractivity contribution in [3.63, 3.8) is 0 Å². The molecule has 0 bridgehead atoms. The van der Waals surface area contributed by atoms with Gasteiger partial charge in [-0.25, -0.2) is 0 Å². The van der Waals surface area contributed by atoms with Crippen LogP contribution < -0.4 is 11.2 Å². The highest BCUT2D eigenvalue weighted by molar-refractivity contribution is 4.95. The molecule has 0 aliphatic heterocycles. The van der Waals surface area contributed by atoms with Crippen LogP contribution in [-0.4, -0.2) is 11.1 Å². The molecule has 3 nitrogen and oxygen atoms in total. The molecule has 1 aromatic rings. The van der Waals surface area contributed by atoms with E-state index in [1.54, 1.807) is 12.4 Å². The molecular weight excluding hydrogens is 152 g/mol. The van der Waals surface area contributed by atoms with Gasteiger partial charge in [0.15, 0.2) is 5.43 Å². The maximum absolute atomic E-state index is 10.7. The molecule has 0 atom stereocenters. The zero-order valence-corrected chi connectivity index (χ0v) is 6.81. The number of allylic oxidation sites excluding steroid dienone is 1. The molecule has 0 saturated heterocycles. The highest BCUT2D eigenvalue weighted by Gasteiger charge is 1.83. The summed E-state index contributed by atoms with van der Waals surface area (Å²) < 4.78 is 1.91. The first-order valence-corrected chi connectivity index (χ1v) is 3.84. The van der Waals surface area contributed by atoms with Crippen LogP contribution in [0.25, 0.3) is 0 Å². The van der Waals surface area contributed by atoms with Gasteiger partial charge in [-0.05, 0) is 0 Å². The summed E-state index contributed by atoms with van der Waals surface area (Å²) in [5.41, 5.74) is 5.31. The van der Waals surface area contributed by atoms with E-state index in [0.717, 1.165) is 6.54 Å². The second-order valence-corrected chi connectivity index (χ2v) is 2.44. The molecule has 0 saturated carbocycles. The average molecular weight is 164 g/mol. The van der Waals surface area contributed by atoms with Crippen molar-refractivity contribution in [3.8, 4) is 0 Å². The molecule has 0 aliphatic carbocycles. The maximum Gasteiger partial charge on any atom is 0.181 e. The maximum atomic E-state index is 10.7. The molecule has 0 aromatic carbocycles. The average Bonchev–Trinajstić information content (AvgIpc) is 2.09. The first kappa shape index (κ1) is 8.74. The fourth-order valence-electron chi connectivity index (χ4n) is 0.858. The lowest BCUT2D eigenvalue weighted by atomic mass is 10.4.